The number of hydrogen-bond donors (Lipinski definition) is 0. The molecule has 0 aliphatic carbocycles. The van der Waals surface area contributed by atoms with Gasteiger partial charge in [0.2, 0.25) is 0 Å². The molecule has 0 fully saturated rings. The molecule has 0 aromatic heterocycles. The lowest BCUT2D eigenvalue weighted by Crippen LogP contribution is -2.20. The second kappa shape index (κ2) is 6.06. The van der Waals surface area contributed by atoms with Crippen LogP contribution < -0.4 is 0 Å². The molecule has 0 bridgehead atoms. The topological polar surface area (TPSA) is 26.3 Å². The number of rotatable bonds is 4. The highest BCUT2D eigenvalue weighted by atomic mass is 35.5. The average molecular weight is 191 g/mol. The van der Waals surface area contributed by atoms with Crippen LogP contribution in [0.25, 0.3) is 0 Å². The summed E-state index contributed by atoms with van der Waals surface area (Å²) in [5, 5.41) is 0. The van der Waals surface area contributed by atoms with Crippen LogP contribution in [0.15, 0.2) is 11.6 Å². The zero-order chi connectivity index (χ0) is 9.56. The van der Waals surface area contributed by atoms with E-state index in [1.165, 1.54) is 12.6 Å². The Kier molecular flexibility index (Phi) is 5.81. The molecule has 3 heteroatoms. The number of hydrogen-bond acceptors (Lipinski definition) is 2. The van der Waals surface area contributed by atoms with Crippen molar-refractivity contribution in [3.05, 3.63) is 11.6 Å². The number of methoxy groups -OCH3 is 1. The standard InChI is InChI=1S/C9H15ClO2/c1-7(2)8(5-4-6-10)9(11)12-3/h4,6-8H,5H2,1-3H3/t8-/m0/s1. The SMILES string of the molecule is COC(=O)[C@@H](CC=CCl)C(C)C. The molecule has 0 amide bonds. The van der Waals surface area contributed by atoms with E-state index in [9.17, 15) is 4.79 Å². The highest BCUT2D eigenvalue weighted by Crippen LogP contribution is 2.17. The van der Waals surface area contributed by atoms with Gasteiger partial charge in [-0.15, -0.1) is 0 Å². The summed E-state index contributed by atoms with van der Waals surface area (Å²) in [6, 6.07) is 0. The maximum Gasteiger partial charge on any atom is 0.309 e. The Balaban J connectivity index is 4.13. The molecule has 0 rings (SSSR count). The fourth-order valence-electron chi connectivity index (χ4n) is 0.990. The van der Waals surface area contributed by atoms with Crippen molar-refractivity contribution in [1.29, 1.82) is 0 Å². The van der Waals surface area contributed by atoms with Crippen molar-refractivity contribution in [2.45, 2.75) is 20.3 Å². The van der Waals surface area contributed by atoms with Crippen LogP contribution in [0.4, 0.5) is 0 Å². The zero-order valence-corrected chi connectivity index (χ0v) is 8.47. The van der Waals surface area contributed by atoms with Crippen molar-refractivity contribution >= 4 is 17.6 Å². The molecule has 0 aromatic rings. The number of halogens is 1. The first-order valence-corrected chi connectivity index (χ1v) is 4.40. The number of carbonyl (C=O) groups excluding carboxylic acids is 1. The van der Waals surface area contributed by atoms with E-state index in [0.29, 0.717) is 6.42 Å². The fraction of sp³-hybridized carbons (Fsp3) is 0.667. The summed E-state index contributed by atoms with van der Waals surface area (Å²) in [5.74, 6) is 0.0371. The van der Waals surface area contributed by atoms with E-state index in [1.54, 1.807) is 6.08 Å². The number of esters is 1. The molecule has 0 radical (unpaired) electrons. The predicted octanol–water partition coefficient (Wildman–Crippen LogP) is 2.57. The van der Waals surface area contributed by atoms with Gasteiger partial charge in [-0.05, 0) is 12.3 Å². The van der Waals surface area contributed by atoms with E-state index in [-0.39, 0.29) is 17.8 Å². The summed E-state index contributed by atoms with van der Waals surface area (Å²) in [6.07, 6.45) is 2.41. The molecular formula is C9H15ClO2. The Labute approximate surface area is 78.5 Å². The van der Waals surface area contributed by atoms with Crippen molar-refractivity contribution in [2.75, 3.05) is 7.11 Å². The van der Waals surface area contributed by atoms with Crippen LogP contribution in [-0.2, 0) is 9.53 Å². The smallest absolute Gasteiger partial charge is 0.309 e. The van der Waals surface area contributed by atoms with Gasteiger partial charge in [-0.25, -0.2) is 0 Å². The molecule has 0 saturated carbocycles. The van der Waals surface area contributed by atoms with E-state index in [1.807, 2.05) is 13.8 Å². The predicted molar refractivity (Wildman–Crippen MR) is 50.0 cm³/mol. The maximum absolute atomic E-state index is 11.2. The van der Waals surface area contributed by atoms with Crippen molar-refractivity contribution in [2.24, 2.45) is 11.8 Å². The Morgan fingerprint density at radius 1 is 1.58 bits per heavy atom. The van der Waals surface area contributed by atoms with Crippen LogP contribution in [0.1, 0.15) is 20.3 Å². The summed E-state index contributed by atoms with van der Waals surface area (Å²) in [6.45, 7) is 3.98. The molecule has 0 aromatic carbocycles. The summed E-state index contributed by atoms with van der Waals surface area (Å²) in [7, 11) is 1.40. The molecule has 0 N–H and O–H groups in total. The molecule has 12 heavy (non-hydrogen) atoms. The first kappa shape index (κ1) is 11.5. The summed E-state index contributed by atoms with van der Waals surface area (Å²) >= 11 is 5.37. The summed E-state index contributed by atoms with van der Waals surface area (Å²) in [4.78, 5) is 11.2. The molecule has 0 saturated heterocycles. The summed E-state index contributed by atoms with van der Waals surface area (Å²) in [5.41, 5.74) is 1.43. The molecule has 70 valence electrons. The van der Waals surface area contributed by atoms with Gasteiger partial charge in [0.05, 0.1) is 13.0 Å². The van der Waals surface area contributed by atoms with Crippen LogP contribution in [-0.4, -0.2) is 13.1 Å². The minimum atomic E-state index is -0.167. The Bertz CT molecular complexity index is 164. The van der Waals surface area contributed by atoms with Gasteiger partial charge in [0.25, 0.3) is 0 Å². The molecule has 0 aliphatic heterocycles. The van der Waals surface area contributed by atoms with E-state index in [0.717, 1.165) is 0 Å². The van der Waals surface area contributed by atoms with Gasteiger partial charge in [0.1, 0.15) is 0 Å². The fourth-order valence-corrected chi connectivity index (χ4v) is 1.09. The highest BCUT2D eigenvalue weighted by molar-refractivity contribution is 6.25. The van der Waals surface area contributed by atoms with Crippen molar-refractivity contribution in [1.82, 2.24) is 0 Å². The molecule has 2 nitrogen and oxygen atoms in total. The minimum Gasteiger partial charge on any atom is -0.469 e. The van der Waals surface area contributed by atoms with Crippen LogP contribution in [0.3, 0.4) is 0 Å². The highest BCUT2D eigenvalue weighted by Gasteiger charge is 2.20. The lowest BCUT2D eigenvalue weighted by Gasteiger charge is -2.15. The van der Waals surface area contributed by atoms with Gasteiger partial charge in [-0.2, -0.15) is 0 Å². The largest absolute Gasteiger partial charge is 0.469 e. The first-order chi connectivity index (χ1) is 5.63. The zero-order valence-electron chi connectivity index (χ0n) is 7.71. The van der Waals surface area contributed by atoms with E-state index in [4.69, 9.17) is 11.6 Å². The molecular weight excluding hydrogens is 176 g/mol. The number of allylic oxidation sites excluding steroid dienone is 1. The van der Waals surface area contributed by atoms with Gasteiger partial charge >= 0.3 is 5.97 Å². The number of ether oxygens (including phenoxy) is 1. The van der Waals surface area contributed by atoms with Gasteiger partial charge in [0.15, 0.2) is 0 Å². The third-order valence-corrected chi connectivity index (χ3v) is 1.97. The normalized spacial score (nSPS) is 13.8. The first-order valence-electron chi connectivity index (χ1n) is 3.96. The van der Waals surface area contributed by atoms with Gasteiger partial charge in [-0.1, -0.05) is 31.5 Å². The monoisotopic (exact) mass is 190 g/mol. The Morgan fingerprint density at radius 2 is 2.17 bits per heavy atom. The second-order valence-corrected chi connectivity index (χ2v) is 3.22. The lowest BCUT2D eigenvalue weighted by molar-refractivity contribution is -0.146. The van der Waals surface area contributed by atoms with Crippen LogP contribution in [0, 0.1) is 11.8 Å². The number of carbonyl (C=O) groups is 1. The Hall–Kier alpha value is -0.500. The minimum absolute atomic E-state index is 0.0787. The van der Waals surface area contributed by atoms with Gasteiger partial charge < -0.3 is 4.74 Å². The lowest BCUT2D eigenvalue weighted by atomic mass is 9.93. The van der Waals surface area contributed by atoms with E-state index in [2.05, 4.69) is 4.74 Å². The van der Waals surface area contributed by atoms with E-state index < -0.39 is 0 Å². The molecule has 0 spiro atoms. The Morgan fingerprint density at radius 3 is 2.50 bits per heavy atom. The molecule has 0 heterocycles. The molecule has 0 unspecified atom stereocenters. The van der Waals surface area contributed by atoms with E-state index >= 15 is 0 Å². The quantitative estimate of drug-likeness (QED) is 0.637. The van der Waals surface area contributed by atoms with Crippen molar-refractivity contribution in [3.8, 4) is 0 Å². The summed E-state index contributed by atoms with van der Waals surface area (Å²) < 4.78 is 4.65. The van der Waals surface area contributed by atoms with Gasteiger partial charge in [-0.3, -0.25) is 4.79 Å². The third kappa shape index (κ3) is 3.77. The second-order valence-electron chi connectivity index (χ2n) is 2.97. The van der Waals surface area contributed by atoms with Crippen LogP contribution in [0.2, 0.25) is 0 Å². The molecule has 1 atom stereocenters. The molecule has 0 aliphatic rings. The van der Waals surface area contributed by atoms with Crippen molar-refractivity contribution in [3.63, 3.8) is 0 Å². The maximum atomic E-state index is 11.2. The van der Waals surface area contributed by atoms with Crippen molar-refractivity contribution < 1.29 is 9.53 Å². The van der Waals surface area contributed by atoms with Crippen LogP contribution in [0.5, 0.6) is 0 Å². The average Bonchev–Trinajstić information content (AvgIpc) is 2.04. The third-order valence-electron chi connectivity index (χ3n) is 1.79. The van der Waals surface area contributed by atoms with Gasteiger partial charge in [0, 0.05) is 5.54 Å². The van der Waals surface area contributed by atoms with Crippen LogP contribution >= 0.6 is 11.6 Å².